The van der Waals surface area contributed by atoms with Crippen molar-refractivity contribution in [3.05, 3.63) is 60.2 Å². The van der Waals surface area contributed by atoms with Gasteiger partial charge in [-0.1, -0.05) is 30.3 Å². The quantitative estimate of drug-likeness (QED) is 0.874. The molecule has 1 aliphatic rings. The lowest BCUT2D eigenvalue weighted by Crippen LogP contribution is -2.46. The van der Waals surface area contributed by atoms with E-state index >= 15 is 0 Å². The number of rotatable bonds is 5. The van der Waals surface area contributed by atoms with Crippen LogP contribution in [0.2, 0.25) is 0 Å². The van der Waals surface area contributed by atoms with Gasteiger partial charge in [0.2, 0.25) is 10.0 Å². The van der Waals surface area contributed by atoms with Crippen LogP contribution >= 0.6 is 0 Å². The first-order chi connectivity index (χ1) is 11.5. The summed E-state index contributed by atoms with van der Waals surface area (Å²) in [6.45, 7) is 1.34. The van der Waals surface area contributed by atoms with Crippen LogP contribution in [-0.4, -0.2) is 27.5 Å². The number of amides is 2. The van der Waals surface area contributed by atoms with Gasteiger partial charge in [0.1, 0.15) is 0 Å². The standard InChI is InChI=1S/C17H19N3O3S/c21-17-18-11-4-12-20(17)16-9-7-15(8-10-16)19-24(22,23)13-14-5-2-1-3-6-14/h1-3,5-10,19H,4,11-13H2,(H,18,21). The Bertz CT molecular complexity index is 805. The van der Waals surface area contributed by atoms with Crippen LogP contribution in [0.15, 0.2) is 54.6 Å². The van der Waals surface area contributed by atoms with Gasteiger partial charge >= 0.3 is 6.03 Å². The maximum absolute atomic E-state index is 12.2. The summed E-state index contributed by atoms with van der Waals surface area (Å²) in [7, 11) is -3.48. The Hall–Kier alpha value is -2.54. The maximum Gasteiger partial charge on any atom is 0.321 e. The zero-order valence-electron chi connectivity index (χ0n) is 13.1. The van der Waals surface area contributed by atoms with Gasteiger partial charge in [0.05, 0.1) is 5.75 Å². The lowest BCUT2D eigenvalue weighted by Gasteiger charge is -2.27. The van der Waals surface area contributed by atoms with Crippen molar-refractivity contribution in [2.24, 2.45) is 0 Å². The van der Waals surface area contributed by atoms with Crippen LogP contribution in [0.5, 0.6) is 0 Å². The van der Waals surface area contributed by atoms with Gasteiger partial charge in [-0.2, -0.15) is 0 Å². The Kier molecular flexibility index (Phi) is 4.71. The van der Waals surface area contributed by atoms with E-state index in [-0.39, 0.29) is 11.8 Å². The van der Waals surface area contributed by atoms with Gasteiger partial charge in [0.25, 0.3) is 0 Å². The van der Waals surface area contributed by atoms with Gasteiger partial charge in [-0.05, 0) is 36.2 Å². The molecule has 7 heteroatoms. The molecule has 2 N–H and O–H groups in total. The maximum atomic E-state index is 12.2. The molecule has 0 radical (unpaired) electrons. The summed E-state index contributed by atoms with van der Waals surface area (Å²) in [5, 5.41) is 2.79. The molecular weight excluding hydrogens is 326 g/mol. The van der Waals surface area contributed by atoms with Crippen LogP contribution in [0.1, 0.15) is 12.0 Å². The highest BCUT2D eigenvalue weighted by molar-refractivity contribution is 7.91. The second-order valence-corrected chi connectivity index (χ2v) is 7.35. The van der Waals surface area contributed by atoms with Crippen molar-refractivity contribution < 1.29 is 13.2 Å². The number of benzene rings is 2. The van der Waals surface area contributed by atoms with Crippen LogP contribution in [0.3, 0.4) is 0 Å². The van der Waals surface area contributed by atoms with Crippen molar-refractivity contribution in [3.8, 4) is 0 Å². The fourth-order valence-corrected chi connectivity index (χ4v) is 3.79. The van der Waals surface area contributed by atoms with E-state index in [9.17, 15) is 13.2 Å². The molecular formula is C17H19N3O3S. The van der Waals surface area contributed by atoms with Crippen molar-refractivity contribution in [2.75, 3.05) is 22.7 Å². The molecule has 0 spiro atoms. The number of carbonyl (C=O) groups excluding carboxylic acids is 1. The van der Waals surface area contributed by atoms with Gasteiger partial charge in [-0.3, -0.25) is 9.62 Å². The number of nitrogens with zero attached hydrogens (tertiary/aromatic N) is 1. The molecule has 1 heterocycles. The molecule has 2 aromatic rings. The smallest absolute Gasteiger partial charge is 0.321 e. The number of hydrogen-bond acceptors (Lipinski definition) is 3. The van der Waals surface area contributed by atoms with E-state index in [1.807, 2.05) is 18.2 Å². The Morgan fingerprint density at radius 3 is 2.42 bits per heavy atom. The normalized spacial score (nSPS) is 15.0. The lowest BCUT2D eigenvalue weighted by atomic mass is 10.2. The Balaban J connectivity index is 1.68. The molecule has 2 amide bonds. The fourth-order valence-electron chi connectivity index (χ4n) is 2.59. The second kappa shape index (κ2) is 6.92. The summed E-state index contributed by atoms with van der Waals surface area (Å²) >= 11 is 0. The van der Waals surface area contributed by atoms with Crippen LogP contribution in [0.4, 0.5) is 16.2 Å². The van der Waals surface area contributed by atoms with Crippen LogP contribution in [-0.2, 0) is 15.8 Å². The Morgan fingerprint density at radius 1 is 1.04 bits per heavy atom. The number of anilines is 2. The number of hydrogen-bond donors (Lipinski definition) is 2. The fraction of sp³-hybridized carbons (Fsp3) is 0.235. The third-order valence-corrected chi connectivity index (χ3v) is 4.99. The van der Waals surface area contributed by atoms with E-state index < -0.39 is 10.0 Å². The molecule has 0 saturated carbocycles. The molecule has 0 aliphatic carbocycles. The van der Waals surface area contributed by atoms with Crippen LogP contribution in [0.25, 0.3) is 0 Å². The SMILES string of the molecule is O=C1NCCCN1c1ccc(NS(=O)(=O)Cc2ccccc2)cc1. The summed E-state index contributed by atoms with van der Waals surface area (Å²) in [6.07, 6.45) is 0.886. The Morgan fingerprint density at radius 2 is 1.75 bits per heavy atom. The molecule has 0 aromatic heterocycles. The topological polar surface area (TPSA) is 78.5 Å². The van der Waals surface area contributed by atoms with E-state index in [2.05, 4.69) is 10.0 Å². The molecule has 1 aliphatic heterocycles. The number of urea groups is 1. The minimum Gasteiger partial charge on any atom is -0.338 e. The van der Waals surface area contributed by atoms with E-state index in [1.54, 1.807) is 41.3 Å². The van der Waals surface area contributed by atoms with Crippen molar-refractivity contribution in [1.29, 1.82) is 0 Å². The highest BCUT2D eigenvalue weighted by atomic mass is 32.2. The van der Waals surface area contributed by atoms with Gasteiger partial charge in [0.15, 0.2) is 0 Å². The van der Waals surface area contributed by atoms with Crippen molar-refractivity contribution in [2.45, 2.75) is 12.2 Å². The monoisotopic (exact) mass is 345 g/mol. The van der Waals surface area contributed by atoms with Crippen LogP contribution in [0, 0.1) is 0 Å². The van der Waals surface area contributed by atoms with Gasteiger partial charge in [-0.25, -0.2) is 13.2 Å². The molecule has 0 atom stereocenters. The Labute approximate surface area is 141 Å². The third-order valence-electron chi connectivity index (χ3n) is 3.73. The molecule has 126 valence electrons. The number of carbonyl (C=O) groups is 1. The van der Waals surface area contributed by atoms with Crippen molar-refractivity contribution >= 4 is 27.4 Å². The summed E-state index contributed by atoms with van der Waals surface area (Å²) in [5.74, 6) is -0.0792. The highest BCUT2D eigenvalue weighted by Crippen LogP contribution is 2.21. The largest absolute Gasteiger partial charge is 0.338 e. The van der Waals surface area contributed by atoms with Crippen molar-refractivity contribution in [3.63, 3.8) is 0 Å². The highest BCUT2D eigenvalue weighted by Gasteiger charge is 2.19. The summed E-state index contributed by atoms with van der Waals surface area (Å²) in [6, 6.07) is 15.7. The summed E-state index contributed by atoms with van der Waals surface area (Å²) < 4.78 is 27.0. The average Bonchev–Trinajstić information content (AvgIpc) is 2.56. The van der Waals surface area contributed by atoms with E-state index in [4.69, 9.17) is 0 Å². The van der Waals surface area contributed by atoms with Gasteiger partial charge in [-0.15, -0.1) is 0 Å². The number of sulfonamides is 1. The molecule has 1 saturated heterocycles. The molecule has 6 nitrogen and oxygen atoms in total. The first-order valence-electron chi connectivity index (χ1n) is 7.73. The zero-order valence-corrected chi connectivity index (χ0v) is 13.9. The minimum atomic E-state index is -3.48. The molecule has 0 bridgehead atoms. The first-order valence-corrected chi connectivity index (χ1v) is 9.39. The summed E-state index contributed by atoms with van der Waals surface area (Å²) in [5.41, 5.74) is 1.96. The van der Waals surface area contributed by atoms with E-state index in [0.717, 1.165) is 17.7 Å². The third kappa shape index (κ3) is 4.05. The second-order valence-electron chi connectivity index (χ2n) is 5.63. The molecule has 2 aromatic carbocycles. The predicted molar refractivity (Wildman–Crippen MR) is 94.5 cm³/mol. The molecule has 24 heavy (non-hydrogen) atoms. The van der Waals surface area contributed by atoms with Gasteiger partial charge in [0, 0.05) is 24.5 Å². The average molecular weight is 345 g/mol. The molecule has 3 rings (SSSR count). The van der Waals surface area contributed by atoms with E-state index in [0.29, 0.717) is 18.8 Å². The summed E-state index contributed by atoms with van der Waals surface area (Å²) in [4.78, 5) is 13.5. The predicted octanol–water partition coefficient (Wildman–Crippen LogP) is 2.55. The minimum absolute atomic E-state index is 0.0792. The molecule has 0 unspecified atom stereocenters. The van der Waals surface area contributed by atoms with Crippen molar-refractivity contribution in [1.82, 2.24) is 5.32 Å². The zero-order chi connectivity index (χ0) is 17.0. The molecule has 1 fully saturated rings. The van der Waals surface area contributed by atoms with Gasteiger partial charge < -0.3 is 5.32 Å². The number of nitrogens with one attached hydrogen (secondary N) is 2. The van der Waals surface area contributed by atoms with E-state index in [1.165, 1.54) is 0 Å². The van der Waals surface area contributed by atoms with Crippen LogP contribution < -0.4 is 14.9 Å². The lowest BCUT2D eigenvalue weighted by molar-refractivity contribution is 0.243. The first kappa shape index (κ1) is 16.3.